The number of aromatic amines is 1. The predicted octanol–water partition coefficient (Wildman–Crippen LogP) is 3.01. The molecule has 1 atom stereocenters. The maximum absolute atomic E-state index is 11.9. The Kier molecular flexibility index (Phi) is 18.0. The lowest BCUT2D eigenvalue weighted by Gasteiger charge is -2.06. The molecule has 0 amide bonds. The summed E-state index contributed by atoms with van der Waals surface area (Å²) in [5, 5.41) is 25.1. The summed E-state index contributed by atoms with van der Waals surface area (Å²) in [5.74, 6) is 0.536. The topological polar surface area (TPSA) is 169 Å². The van der Waals surface area contributed by atoms with Crippen LogP contribution in [0.4, 0.5) is 5.95 Å². The predicted molar refractivity (Wildman–Crippen MR) is 142 cm³/mol. The highest BCUT2D eigenvalue weighted by molar-refractivity contribution is 7.46. The zero-order valence-corrected chi connectivity index (χ0v) is 22.5. The second-order valence-electron chi connectivity index (χ2n) is 6.62. The molecular weight excluding hydrogens is 497 g/mol. The molecule has 11 nitrogen and oxygen atoms in total. The van der Waals surface area contributed by atoms with Crippen LogP contribution in [0.1, 0.15) is 26.7 Å². The minimum Gasteiger partial charge on any atom is -0.400 e. The molecule has 1 unspecified atom stereocenters. The van der Waals surface area contributed by atoms with Crippen LogP contribution in [-0.2, 0) is 15.6 Å². The van der Waals surface area contributed by atoms with E-state index in [1.54, 1.807) is 35.9 Å². The van der Waals surface area contributed by atoms with Crippen molar-refractivity contribution in [3.05, 3.63) is 39.6 Å². The molecule has 13 heteroatoms. The smallest absolute Gasteiger partial charge is 0.280 e. The second-order valence-corrected chi connectivity index (χ2v) is 8.56. The number of fused-ring (bicyclic) bond motifs is 1. The molecule has 6 N–H and O–H groups in total. The Labute approximate surface area is 211 Å². The van der Waals surface area contributed by atoms with Crippen molar-refractivity contribution in [3.63, 3.8) is 0 Å². The monoisotopic (exact) mass is 533 g/mol. The van der Waals surface area contributed by atoms with Crippen molar-refractivity contribution in [1.29, 1.82) is 0 Å². The van der Waals surface area contributed by atoms with E-state index in [0.717, 1.165) is 12.7 Å². The van der Waals surface area contributed by atoms with Crippen LogP contribution < -0.4 is 11.3 Å². The Morgan fingerprint density at radius 3 is 2.20 bits per heavy atom. The van der Waals surface area contributed by atoms with Gasteiger partial charge in [-0.15, -0.1) is 0 Å². The van der Waals surface area contributed by atoms with E-state index in [0.29, 0.717) is 23.1 Å². The Hall–Kier alpha value is -2.11. The van der Waals surface area contributed by atoms with Gasteiger partial charge in [0.1, 0.15) is 5.82 Å². The van der Waals surface area contributed by atoms with Gasteiger partial charge in [-0.3, -0.25) is 9.78 Å². The molecule has 198 valence electrons. The quantitative estimate of drug-likeness (QED) is 0.273. The van der Waals surface area contributed by atoms with Gasteiger partial charge in [0, 0.05) is 38.0 Å². The number of aliphatic hydroxyl groups excluding tert-OH is 3. The third-order valence-corrected chi connectivity index (χ3v) is 5.48. The molecule has 2 heterocycles. The van der Waals surface area contributed by atoms with E-state index in [9.17, 15) is 9.90 Å². The number of rotatable bonds is 8. The van der Waals surface area contributed by atoms with E-state index in [1.165, 1.54) is 12.8 Å². The minimum absolute atomic E-state index is 0.00856. The third-order valence-electron chi connectivity index (χ3n) is 4.17. The normalized spacial score (nSPS) is 10.9. The SMILES string of the molecule is CCCC.CO.COP(C)OCCO.Nc1nc2c(nc(-c3ccc(Cl)cc3)n2CCO)c(=O)[nH]1. The minimum atomic E-state index is -0.744. The van der Waals surface area contributed by atoms with Crippen molar-refractivity contribution in [1.82, 2.24) is 19.5 Å². The lowest BCUT2D eigenvalue weighted by atomic mass is 10.2. The first kappa shape index (κ1) is 32.9. The standard InChI is InChI=1S/C13H12ClN5O2.C4H11O3P.C4H10.CH4O/c14-8-3-1-7(2-4-8)10-16-9-11(19(10)5-6-20)17-13(15)18-12(9)21;1-6-8(2)7-4-3-5;1-3-4-2;1-2/h1-4,20H,5-6H2,(H3,15,17,18,21);5H,3-4H2,1-2H3;3-4H2,1-2H3;2H,1H3. The molecule has 2 aromatic heterocycles. The van der Waals surface area contributed by atoms with Crippen LogP contribution in [-0.4, -0.2) is 75.5 Å². The Bertz CT molecular complexity index is 1010. The van der Waals surface area contributed by atoms with Crippen LogP contribution in [0.5, 0.6) is 0 Å². The fraction of sp³-hybridized carbons (Fsp3) is 0.500. The number of benzene rings is 1. The van der Waals surface area contributed by atoms with Gasteiger partial charge in [0.15, 0.2) is 19.5 Å². The van der Waals surface area contributed by atoms with E-state index >= 15 is 0 Å². The van der Waals surface area contributed by atoms with Crippen LogP contribution in [0.2, 0.25) is 5.02 Å². The summed E-state index contributed by atoms with van der Waals surface area (Å²) in [6.07, 6.45) is 2.64. The number of H-pyrrole nitrogens is 1. The molecule has 1 aromatic carbocycles. The average Bonchev–Trinajstić information content (AvgIpc) is 3.23. The molecule has 0 aliphatic carbocycles. The van der Waals surface area contributed by atoms with Gasteiger partial charge in [0.25, 0.3) is 5.56 Å². The first-order valence-electron chi connectivity index (χ1n) is 10.9. The fourth-order valence-corrected chi connectivity index (χ4v) is 2.95. The van der Waals surface area contributed by atoms with Gasteiger partial charge in [0.05, 0.1) is 19.8 Å². The van der Waals surface area contributed by atoms with Crippen molar-refractivity contribution < 1.29 is 24.4 Å². The van der Waals surface area contributed by atoms with E-state index < -0.39 is 13.9 Å². The summed E-state index contributed by atoms with van der Waals surface area (Å²) in [7, 11) is 1.84. The van der Waals surface area contributed by atoms with Gasteiger partial charge in [-0.1, -0.05) is 38.3 Å². The Morgan fingerprint density at radius 2 is 1.71 bits per heavy atom. The molecule has 0 radical (unpaired) electrons. The summed E-state index contributed by atoms with van der Waals surface area (Å²) in [4.78, 5) is 22.8. The summed E-state index contributed by atoms with van der Waals surface area (Å²) < 4.78 is 11.4. The van der Waals surface area contributed by atoms with Crippen molar-refractivity contribution >= 4 is 37.1 Å². The number of nitrogens with one attached hydrogen (secondary N) is 1. The number of halogens is 1. The first-order chi connectivity index (χ1) is 16.8. The van der Waals surface area contributed by atoms with Gasteiger partial charge in [-0.25, -0.2) is 4.98 Å². The summed E-state index contributed by atoms with van der Waals surface area (Å²) in [6, 6.07) is 7.03. The fourth-order valence-electron chi connectivity index (χ4n) is 2.38. The van der Waals surface area contributed by atoms with Crippen molar-refractivity contribution in [2.75, 3.05) is 46.4 Å². The number of nitrogens with zero attached hydrogens (tertiary/aromatic N) is 3. The number of imidazole rings is 1. The molecule has 0 aliphatic rings. The Morgan fingerprint density at radius 1 is 1.11 bits per heavy atom. The molecular formula is C22H37ClN5O6P. The third kappa shape index (κ3) is 11.4. The number of hydrogen-bond donors (Lipinski definition) is 5. The Balaban J connectivity index is 0.000000690. The highest BCUT2D eigenvalue weighted by atomic mass is 35.5. The van der Waals surface area contributed by atoms with Crippen LogP contribution in [0.15, 0.2) is 29.1 Å². The zero-order valence-electron chi connectivity index (χ0n) is 20.9. The van der Waals surface area contributed by atoms with Gasteiger partial charge < -0.3 is 34.7 Å². The highest BCUT2D eigenvalue weighted by Crippen LogP contribution is 2.30. The number of anilines is 1. The molecule has 3 rings (SSSR count). The lowest BCUT2D eigenvalue weighted by molar-refractivity contribution is 0.196. The van der Waals surface area contributed by atoms with Crippen LogP contribution >= 0.6 is 20.0 Å². The number of nitrogen functional groups attached to an aromatic ring is 1. The van der Waals surface area contributed by atoms with E-state index in [1.807, 2.05) is 6.66 Å². The van der Waals surface area contributed by atoms with Gasteiger partial charge >= 0.3 is 0 Å². The van der Waals surface area contributed by atoms with E-state index in [4.69, 9.17) is 36.6 Å². The van der Waals surface area contributed by atoms with Crippen LogP contribution in [0.25, 0.3) is 22.6 Å². The molecule has 0 spiro atoms. The molecule has 0 fully saturated rings. The lowest BCUT2D eigenvalue weighted by Crippen LogP contribution is -2.12. The van der Waals surface area contributed by atoms with Gasteiger partial charge in [-0.05, 0) is 24.3 Å². The molecule has 0 aliphatic heterocycles. The molecule has 3 aromatic rings. The molecule has 0 saturated heterocycles. The van der Waals surface area contributed by atoms with Gasteiger partial charge in [0.2, 0.25) is 5.95 Å². The molecule has 0 bridgehead atoms. The van der Waals surface area contributed by atoms with Crippen LogP contribution in [0, 0.1) is 0 Å². The summed E-state index contributed by atoms with van der Waals surface area (Å²) in [6.45, 7) is 6.78. The maximum Gasteiger partial charge on any atom is 0.280 e. The summed E-state index contributed by atoms with van der Waals surface area (Å²) >= 11 is 5.87. The largest absolute Gasteiger partial charge is 0.400 e. The van der Waals surface area contributed by atoms with Crippen molar-refractivity contribution in [2.24, 2.45) is 0 Å². The van der Waals surface area contributed by atoms with Crippen molar-refractivity contribution in [3.8, 4) is 11.4 Å². The second kappa shape index (κ2) is 19.1. The summed E-state index contributed by atoms with van der Waals surface area (Å²) in [5.41, 5.74) is 6.45. The first-order valence-corrected chi connectivity index (χ1v) is 12.9. The number of unbranched alkanes of at least 4 members (excludes halogenated alkanes) is 1. The van der Waals surface area contributed by atoms with Crippen molar-refractivity contribution in [2.45, 2.75) is 33.2 Å². The zero-order chi connectivity index (χ0) is 26.8. The molecule has 35 heavy (non-hydrogen) atoms. The van der Waals surface area contributed by atoms with E-state index in [2.05, 4.69) is 28.8 Å². The highest BCUT2D eigenvalue weighted by Gasteiger charge is 2.16. The molecule has 0 saturated carbocycles. The number of aromatic nitrogens is 4. The number of hydrogen-bond acceptors (Lipinski definition) is 9. The average molecular weight is 534 g/mol. The number of nitrogens with two attached hydrogens (primary N) is 1. The maximum atomic E-state index is 11.9. The number of aliphatic hydroxyl groups is 3. The van der Waals surface area contributed by atoms with E-state index in [-0.39, 0.29) is 31.2 Å². The van der Waals surface area contributed by atoms with Gasteiger partial charge in [-0.2, -0.15) is 4.98 Å². The van der Waals surface area contributed by atoms with Crippen LogP contribution in [0.3, 0.4) is 0 Å².